The zero-order valence-electron chi connectivity index (χ0n) is 24.1. The van der Waals surface area contributed by atoms with Gasteiger partial charge in [0.15, 0.2) is 0 Å². The Morgan fingerprint density at radius 2 is 1.95 bits per heavy atom. The predicted molar refractivity (Wildman–Crippen MR) is 155 cm³/mol. The van der Waals surface area contributed by atoms with Gasteiger partial charge in [0.2, 0.25) is 25.9 Å². The molecule has 3 N–H and O–H groups in total. The van der Waals surface area contributed by atoms with Gasteiger partial charge in [0, 0.05) is 38.8 Å². The van der Waals surface area contributed by atoms with Crippen LogP contribution in [0.1, 0.15) is 25.0 Å². The Kier molecular flexibility index (Phi) is 9.00. The van der Waals surface area contributed by atoms with E-state index < -0.39 is 31.8 Å². The first-order chi connectivity index (χ1) is 19.9. The fraction of sp³-hybridized carbons (Fsp3) is 0.593. The number of aliphatic hydroxyl groups is 1. The largest absolute Gasteiger partial charge is 0.491 e. The van der Waals surface area contributed by atoms with Gasteiger partial charge in [-0.3, -0.25) is 0 Å². The van der Waals surface area contributed by atoms with E-state index in [1.807, 2.05) is 11.9 Å². The summed E-state index contributed by atoms with van der Waals surface area (Å²) in [6.07, 6.45) is 1.03. The van der Waals surface area contributed by atoms with E-state index >= 15 is 0 Å². The number of likely N-dealkylation sites (N-methyl/N-ethyl adjacent to an activating group) is 1. The van der Waals surface area contributed by atoms with Gasteiger partial charge in [0.25, 0.3) is 0 Å². The van der Waals surface area contributed by atoms with Crippen LogP contribution in [0.4, 0.5) is 5.69 Å². The Balaban J connectivity index is 1.11. The lowest BCUT2D eigenvalue weighted by Gasteiger charge is -2.38. The lowest BCUT2D eigenvalue weighted by Crippen LogP contribution is -2.47. The number of hydrogen-bond acceptors (Lipinski definition) is 11. The van der Waals surface area contributed by atoms with Gasteiger partial charge in [-0.2, -0.15) is 4.31 Å². The van der Waals surface area contributed by atoms with Crippen molar-refractivity contribution in [2.24, 2.45) is 0 Å². The van der Waals surface area contributed by atoms with Crippen LogP contribution in [-0.2, 0) is 24.8 Å². The van der Waals surface area contributed by atoms with E-state index in [1.165, 1.54) is 23.5 Å². The molecule has 0 aliphatic carbocycles. The number of aryl methyl sites for hydroxylation is 1. The molecule has 1 aromatic carbocycles. The number of ether oxygens (including phenoxy) is 3. The SMILES string of the molecule is CNS(=O)(=O)c1cccc(OC[C@@H](O)CN[C@H]2COC3(CCN(S(=O)(=O)c4cc5c(nc4C)OCCN5C)CC3)C2)c1. The summed E-state index contributed by atoms with van der Waals surface area (Å²) in [5.41, 5.74) is 0.681. The third-order valence-corrected chi connectivity index (χ3v) is 11.5. The number of aromatic nitrogens is 1. The van der Waals surface area contributed by atoms with Crippen LogP contribution < -0.4 is 24.4 Å². The van der Waals surface area contributed by atoms with E-state index in [2.05, 4.69) is 15.0 Å². The standard InChI is InChI=1S/C27H39N5O8S2/c1-19-25(14-24-26(30-19)38-12-11-31(24)3)42(36,37)32-9-7-27(8-10-32)15-20(17-40-27)29-16-21(33)18-39-22-5-4-6-23(13-22)41(34,35)28-2/h4-6,13-14,20-21,28-29,33H,7-12,15-18H2,1-3H3/t20-,21+/m1/s1. The molecule has 5 rings (SSSR count). The summed E-state index contributed by atoms with van der Waals surface area (Å²) in [5.74, 6) is 0.804. The van der Waals surface area contributed by atoms with Crippen LogP contribution in [-0.4, -0.2) is 109 Å². The van der Waals surface area contributed by atoms with Gasteiger partial charge >= 0.3 is 0 Å². The molecule has 42 heavy (non-hydrogen) atoms. The van der Waals surface area contributed by atoms with Crippen LogP contribution in [0.2, 0.25) is 0 Å². The minimum absolute atomic E-state index is 0.00883. The van der Waals surface area contributed by atoms with Crippen molar-refractivity contribution in [3.05, 3.63) is 36.0 Å². The lowest BCUT2D eigenvalue weighted by molar-refractivity contribution is -0.0312. The summed E-state index contributed by atoms with van der Waals surface area (Å²) in [6, 6.07) is 7.75. The number of rotatable bonds is 10. The van der Waals surface area contributed by atoms with E-state index in [-0.39, 0.29) is 29.0 Å². The van der Waals surface area contributed by atoms with E-state index in [0.29, 0.717) is 75.1 Å². The highest BCUT2D eigenvalue weighted by Crippen LogP contribution is 2.39. The molecule has 0 unspecified atom stereocenters. The van der Waals surface area contributed by atoms with Gasteiger partial charge in [-0.1, -0.05) is 6.07 Å². The van der Waals surface area contributed by atoms with Gasteiger partial charge in [-0.15, -0.1) is 0 Å². The van der Waals surface area contributed by atoms with Crippen molar-refractivity contribution in [3.8, 4) is 11.6 Å². The molecule has 2 saturated heterocycles. The highest BCUT2D eigenvalue weighted by atomic mass is 32.2. The lowest BCUT2D eigenvalue weighted by atomic mass is 9.88. The zero-order chi connectivity index (χ0) is 30.1. The third kappa shape index (κ3) is 6.51. The highest BCUT2D eigenvalue weighted by molar-refractivity contribution is 7.89. The van der Waals surface area contributed by atoms with Gasteiger partial charge < -0.3 is 29.5 Å². The fourth-order valence-electron chi connectivity index (χ4n) is 5.60. The first-order valence-corrected chi connectivity index (χ1v) is 16.9. The molecule has 4 heterocycles. The number of piperidine rings is 1. The maximum atomic E-state index is 13.6. The first-order valence-electron chi connectivity index (χ1n) is 14.0. The van der Waals surface area contributed by atoms with Gasteiger partial charge in [0.05, 0.1) is 29.3 Å². The van der Waals surface area contributed by atoms with Crippen LogP contribution in [0, 0.1) is 6.92 Å². The van der Waals surface area contributed by atoms with Crippen LogP contribution >= 0.6 is 0 Å². The Bertz CT molecular complexity index is 1500. The van der Waals surface area contributed by atoms with Crippen molar-refractivity contribution in [1.82, 2.24) is 19.3 Å². The molecule has 1 spiro atoms. The first kappa shape index (κ1) is 30.9. The van der Waals surface area contributed by atoms with Crippen molar-refractivity contribution in [2.75, 3.05) is 65.0 Å². The molecule has 2 fully saturated rings. The molecule has 3 aliphatic rings. The quantitative estimate of drug-likeness (QED) is 0.337. The fourth-order valence-corrected chi connectivity index (χ4v) is 7.98. The molecule has 15 heteroatoms. The molecule has 0 amide bonds. The Morgan fingerprint density at radius 1 is 1.19 bits per heavy atom. The number of pyridine rings is 1. The van der Waals surface area contributed by atoms with E-state index in [9.17, 15) is 21.9 Å². The highest BCUT2D eigenvalue weighted by Gasteiger charge is 2.45. The molecule has 232 valence electrons. The number of nitrogens with one attached hydrogen (secondary N) is 2. The molecule has 13 nitrogen and oxygen atoms in total. The summed E-state index contributed by atoms with van der Waals surface area (Å²) in [4.78, 5) is 6.67. The van der Waals surface area contributed by atoms with Gasteiger partial charge in [-0.25, -0.2) is 26.5 Å². The number of aliphatic hydroxyl groups excluding tert-OH is 1. The van der Waals surface area contributed by atoms with Gasteiger partial charge in [0.1, 0.15) is 35.7 Å². The van der Waals surface area contributed by atoms with E-state index in [1.54, 1.807) is 25.1 Å². The Morgan fingerprint density at radius 3 is 2.69 bits per heavy atom. The topological polar surface area (TPSA) is 160 Å². The number of benzene rings is 1. The second-order valence-corrected chi connectivity index (χ2v) is 14.8. The van der Waals surface area contributed by atoms with Crippen molar-refractivity contribution >= 4 is 25.7 Å². The second kappa shape index (κ2) is 12.2. The zero-order valence-corrected chi connectivity index (χ0v) is 25.7. The van der Waals surface area contributed by atoms with Crippen LogP contribution in [0.25, 0.3) is 0 Å². The van der Waals surface area contributed by atoms with Crippen molar-refractivity contribution in [3.63, 3.8) is 0 Å². The number of nitrogens with zero attached hydrogens (tertiary/aromatic N) is 3. The van der Waals surface area contributed by atoms with Crippen molar-refractivity contribution in [2.45, 2.75) is 53.7 Å². The van der Waals surface area contributed by atoms with E-state index in [0.717, 1.165) is 0 Å². The molecule has 3 aliphatic heterocycles. The number of fused-ring (bicyclic) bond motifs is 1. The third-order valence-electron chi connectivity index (χ3n) is 8.12. The molecule has 2 atom stereocenters. The molecular weight excluding hydrogens is 586 g/mol. The summed E-state index contributed by atoms with van der Waals surface area (Å²) >= 11 is 0. The van der Waals surface area contributed by atoms with E-state index in [4.69, 9.17) is 14.2 Å². The Labute approximate surface area is 247 Å². The average molecular weight is 626 g/mol. The summed E-state index contributed by atoms with van der Waals surface area (Å²) in [5, 5.41) is 13.8. The number of hydrogen-bond donors (Lipinski definition) is 3. The Hall–Kier alpha value is -2.53. The number of anilines is 1. The minimum Gasteiger partial charge on any atom is -0.491 e. The van der Waals surface area contributed by atoms with Crippen LogP contribution in [0.3, 0.4) is 0 Å². The summed E-state index contributed by atoms with van der Waals surface area (Å²) < 4.78 is 72.4. The monoisotopic (exact) mass is 625 g/mol. The average Bonchev–Trinajstić information content (AvgIpc) is 3.37. The second-order valence-electron chi connectivity index (χ2n) is 11.0. The van der Waals surface area contributed by atoms with Crippen LogP contribution in [0.15, 0.2) is 40.1 Å². The maximum Gasteiger partial charge on any atom is 0.244 e. The molecular formula is C27H39N5O8S2. The molecule has 0 saturated carbocycles. The molecule has 2 aromatic rings. The normalized spacial score (nSPS) is 21.6. The predicted octanol–water partition coefficient (Wildman–Crippen LogP) is 0.468. The maximum absolute atomic E-state index is 13.6. The van der Waals surface area contributed by atoms with Crippen molar-refractivity contribution < 1.29 is 36.2 Å². The van der Waals surface area contributed by atoms with Gasteiger partial charge in [-0.05, 0) is 51.4 Å². The molecule has 1 aromatic heterocycles. The summed E-state index contributed by atoms with van der Waals surface area (Å²) in [6.45, 7) is 4.27. The number of sulfonamides is 2. The van der Waals surface area contributed by atoms with Crippen molar-refractivity contribution in [1.29, 1.82) is 0 Å². The smallest absolute Gasteiger partial charge is 0.244 e. The summed E-state index contributed by atoms with van der Waals surface area (Å²) in [7, 11) is -4.10. The van der Waals surface area contributed by atoms with Crippen LogP contribution in [0.5, 0.6) is 11.6 Å². The minimum atomic E-state index is -3.74. The molecule has 0 bridgehead atoms. The molecule has 0 radical (unpaired) electrons.